The zero-order valence-electron chi connectivity index (χ0n) is 13.3. The monoisotopic (exact) mass is 703 g/mol. The van der Waals surface area contributed by atoms with E-state index in [-0.39, 0.29) is 20.4 Å². The first kappa shape index (κ1) is 23.7. The molecule has 7 N–H and O–H groups in total. The largest absolute Gasteiger partial charge is 0.394 e. The summed E-state index contributed by atoms with van der Waals surface area (Å²) in [7, 11) is 0. The van der Waals surface area contributed by atoms with Crippen LogP contribution in [0.4, 0.5) is 5.69 Å². The molecule has 0 aromatic heterocycles. The molecule has 0 unspecified atom stereocenters. The number of nitrogens with one attached hydrogen (secondary N) is 2. The zero-order valence-corrected chi connectivity index (χ0v) is 19.8. The molecule has 0 aliphatic rings. The number of carbonyl (C=O) groups is 3. The van der Waals surface area contributed by atoms with Crippen molar-refractivity contribution >= 4 is 91.2 Å². The molecule has 0 radical (unpaired) electrons. The number of hydrogen-bond acceptors (Lipinski definition) is 6. The average Bonchev–Trinajstić information content (AvgIpc) is 2.55. The van der Waals surface area contributed by atoms with E-state index in [2.05, 4.69) is 10.6 Å². The number of nitrogens with two attached hydrogens (primary N) is 1. The van der Waals surface area contributed by atoms with Gasteiger partial charge < -0.3 is 31.7 Å². The summed E-state index contributed by atoms with van der Waals surface area (Å²) in [5.74, 6) is -2.16. The third-order valence-corrected chi connectivity index (χ3v) is 6.43. The van der Waals surface area contributed by atoms with E-state index in [0.29, 0.717) is 7.14 Å². The molecule has 1 atom stereocenters. The summed E-state index contributed by atoms with van der Waals surface area (Å²) in [5, 5.41) is 32.6. The Hall–Kier alpha value is -0.300. The van der Waals surface area contributed by atoms with Crippen molar-refractivity contribution in [3.8, 4) is 0 Å². The van der Waals surface area contributed by atoms with Gasteiger partial charge in [0.25, 0.3) is 17.7 Å². The van der Waals surface area contributed by atoms with Gasteiger partial charge in [0.15, 0.2) is 0 Å². The topological polar surface area (TPSA) is 162 Å². The lowest BCUT2D eigenvalue weighted by molar-refractivity contribution is -0.123. The molecule has 0 heterocycles. The van der Waals surface area contributed by atoms with Gasteiger partial charge in [-0.1, -0.05) is 0 Å². The zero-order chi connectivity index (χ0) is 20.2. The minimum atomic E-state index is -1.30. The molecule has 9 nitrogen and oxygen atoms in total. The minimum Gasteiger partial charge on any atom is -0.394 e. The first-order valence-corrected chi connectivity index (χ1v) is 10.3. The number of benzene rings is 1. The highest BCUT2D eigenvalue weighted by Crippen LogP contribution is 2.35. The van der Waals surface area contributed by atoms with Gasteiger partial charge in [-0.3, -0.25) is 14.4 Å². The van der Waals surface area contributed by atoms with Gasteiger partial charge in [-0.05, 0) is 74.7 Å². The third-order valence-electron chi connectivity index (χ3n) is 3.19. The van der Waals surface area contributed by atoms with Gasteiger partial charge in [0.05, 0.1) is 43.2 Å². The number of aliphatic hydroxyl groups excluding tert-OH is 3. The highest BCUT2D eigenvalue weighted by atomic mass is 127. The number of carbonyl (C=O) groups excluding carboxylic acids is 3. The molecule has 1 aromatic rings. The Labute approximate surface area is 189 Å². The second-order valence-corrected chi connectivity index (χ2v) is 8.37. The number of aliphatic hydroxyl groups is 3. The smallest absolute Gasteiger partial charge is 0.253 e. The van der Waals surface area contributed by atoms with Crippen molar-refractivity contribution in [1.29, 1.82) is 0 Å². The molecule has 26 heavy (non-hydrogen) atoms. The Morgan fingerprint density at radius 3 is 1.96 bits per heavy atom. The minimum absolute atomic E-state index is 0.0437. The van der Waals surface area contributed by atoms with Gasteiger partial charge in [-0.15, -0.1) is 0 Å². The van der Waals surface area contributed by atoms with Crippen molar-refractivity contribution in [2.75, 3.05) is 18.5 Å². The van der Waals surface area contributed by atoms with Crippen LogP contribution in [0.15, 0.2) is 0 Å². The first-order chi connectivity index (χ1) is 12.1. The van der Waals surface area contributed by atoms with Crippen molar-refractivity contribution < 1.29 is 29.7 Å². The molecular formula is C14H16I3N3O6. The summed E-state index contributed by atoms with van der Waals surface area (Å²) >= 11 is 5.46. The van der Waals surface area contributed by atoms with Crippen LogP contribution in [0.3, 0.4) is 0 Å². The van der Waals surface area contributed by atoms with Crippen molar-refractivity contribution in [2.24, 2.45) is 5.73 Å². The van der Waals surface area contributed by atoms with E-state index in [1.165, 1.54) is 6.92 Å². The number of hydrogen-bond donors (Lipinski definition) is 6. The highest BCUT2D eigenvalue weighted by molar-refractivity contribution is 14.1. The Kier molecular flexibility index (Phi) is 9.40. The molecular weight excluding hydrogens is 687 g/mol. The molecule has 0 aliphatic carbocycles. The molecule has 1 aromatic carbocycles. The van der Waals surface area contributed by atoms with E-state index in [0.717, 1.165) is 0 Å². The number of amides is 3. The Morgan fingerprint density at radius 1 is 1.04 bits per heavy atom. The van der Waals surface area contributed by atoms with E-state index < -0.39 is 43.1 Å². The van der Waals surface area contributed by atoms with E-state index in [4.69, 9.17) is 15.9 Å². The number of primary amides is 1. The lowest BCUT2D eigenvalue weighted by atomic mass is 10.1. The van der Waals surface area contributed by atoms with Crippen LogP contribution in [-0.2, 0) is 4.79 Å². The van der Waals surface area contributed by atoms with E-state index >= 15 is 0 Å². The van der Waals surface area contributed by atoms with Gasteiger partial charge in [0.2, 0.25) is 0 Å². The van der Waals surface area contributed by atoms with Crippen molar-refractivity contribution in [2.45, 2.75) is 19.1 Å². The molecule has 0 spiro atoms. The van der Waals surface area contributed by atoms with E-state index in [9.17, 15) is 19.5 Å². The molecule has 0 saturated carbocycles. The fraction of sp³-hybridized carbons (Fsp3) is 0.357. The van der Waals surface area contributed by atoms with Gasteiger partial charge in [-0.25, -0.2) is 0 Å². The van der Waals surface area contributed by atoms with Gasteiger partial charge in [-0.2, -0.15) is 0 Å². The molecule has 1 rings (SSSR count). The maximum atomic E-state index is 12.6. The van der Waals surface area contributed by atoms with Crippen LogP contribution in [0.2, 0.25) is 0 Å². The molecule has 3 amide bonds. The van der Waals surface area contributed by atoms with E-state index in [1.807, 2.05) is 45.2 Å². The molecule has 144 valence electrons. The van der Waals surface area contributed by atoms with Crippen LogP contribution in [-0.4, -0.2) is 58.4 Å². The predicted octanol–water partition coefficient (Wildman–Crippen LogP) is 0.00160. The number of anilines is 1. The Morgan fingerprint density at radius 2 is 1.54 bits per heavy atom. The summed E-state index contributed by atoms with van der Waals surface area (Å²) in [6.45, 7) is 0.319. The standard InChI is InChI=1S/C14H16I3N3O6/c1-4(23)13(25)20-11-9(16)6(12(18)24)8(15)7(10(11)17)14(26)19-5(2-21)3-22/h4-5,21-23H,2-3H2,1H3,(H2,18,24)(H,19,26)(H,20,25)/t4-/m0/s1. The van der Waals surface area contributed by atoms with E-state index in [1.54, 1.807) is 22.6 Å². The molecule has 0 bridgehead atoms. The second-order valence-electron chi connectivity index (χ2n) is 5.13. The Bertz CT molecular complexity index is 737. The summed E-state index contributed by atoms with van der Waals surface area (Å²) in [4.78, 5) is 36.4. The number of rotatable bonds is 7. The summed E-state index contributed by atoms with van der Waals surface area (Å²) in [5.41, 5.74) is 5.70. The van der Waals surface area contributed by atoms with Crippen molar-refractivity contribution in [1.82, 2.24) is 5.32 Å². The van der Waals surface area contributed by atoms with Crippen LogP contribution < -0.4 is 16.4 Å². The maximum Gasteiger partial charge on any atom is 0.253 e. The maximum absolute atomic E-state index is 12.6. The average molecular weight is 703 g/mol. The lowest BCUT2D eigenvalue weighted by Crippen LogP contribution is -2.41. The summed E-state index contributed by atoms with van der Waals surface area (Å²) in [6.07, 6.45) is -1.30. The summed E-state index contributed by atoms with van der Waals surface area (Å²) in [6, 6.07) is -0.888. The first-order valence-electron chi connectivity index (χ1n) is 7.08. The SMILES string of the molecule is C[C@H](O)C(=O)Nc1c(I)c(C(N)=O)c(I)c(C(=O)NC(CO)CO)c1I. The van der Waals surface area contributed by atoms with Gasteiger partial charge in [0, 0.05) is 3.57 Å². The van der Waals surface area contributed by atoms with Crippen molar-refractivity contribution in [3.63, 3.8) is 0 Å². The normalized spacial score (nSPS) is 12.0. The predicted molar refractivity (Wildman–Crippen MR) is 119 cm³/mol. The van der Waals surface area contributed by atoms with Crippen LogP contribution in [0.5, 0.6) is 0 Å². The molecule has 0 fully saturated rings. The van der Waals surface area contributed by atoms with Gasteiger partial charge in [0.1, 0.15) is 6.10 Å². The van der Waals surface area contributed by atoms with Crippen LogP contribution in [0.1, 0.15) is 27.6 Å². The van der Waals surface area contributed by atoms with Crippen LogP contribution >= 0.6 is 67.8 Å². The Balaban J connectivity index is 3.59. The van der Waals surface area contributed by atoms with Crippen LogP contribution in [0.25, 0.3) is 0 Å². The fourth-order valence-electron chi connectivity index (χ4n) is 1.82. The van der Waals surface area contributed by atoms with Crippen LogP contribution in [0, 0.1) is 10.7 Å². The number of halogens is 3. The quantitative estimate of drug-likeness (QED) is 0.220. The molecule has 12 heteroatoms. The molecule has 0 saturated heterocycles. The second kappa shape index (κ2) is 10.3. The van der Waals surface area contributed by atoms with Gasteiger partial charge >= 0.3 is 0 Å². The fourth-order valence-corrected chi connectivity index (χ4v) is 6.28. The summed E-state index contributed by atoms with van der Waals surface area (Å²) < 4.78 is 0.920. The lowest BCUT2D eigenvalue weighted by Gasteiger charge is -2.20. The third kappa shape index (κ3) is 5.37. The van der Waals surface area contributed by atoms with Crippen molar-refractivity contribution in [3.05, 3.63) is 21.8 Å². The molecule has 0 aliphatic heterocycles. The highest BCUT2D eigenvalue weighted by Gasteiger charge is 2.28.